The minimum atomic E-state index is -0.233. The maximum absolute atomic E-state index is 11.5. The highest BCUT2D eigenvalue weighted by Gasteiger charge is 2.13. The van der Waals surface area contributed by atoms with Crippen molar-refractivity contribution in [2.75, 3.05) is 11.2 Å². The van der Waals surface area contributed by atoms with Crippen LogP contribution in [0.5, 0.6) is 0 Å². The molecule has 1 heterocycles. The standard InChI is InChI=1S/C10H12Cl2N2O/c1-6-3-8(12)5-13-9(6)14-10(15)7(2)4-11/h3,5,7H,4H2,1-2H3,(H,13,14,15). The molecule has 0 fully saturated rings. The molecule has 82 valence electrons. The normalized spacial score (nSPS) is 12.3. The lowest BCUT2D eigenvalue weighted by Gasteiger charge is -2.10. The predicted molar refractivity (Wildman–Crippen MR) is 62.5 cm³/mol. The van der Waals surface area contributed by atoms with Gasteiger partial charge in [-0.1, -0.05) is 18.5 Å². The van der Waals surface area contributed by atoms with Crippen molar-refractivity contribution in [2.45, 2.75) is 13.8 Å². The Morgan fingerprint density at radius 1 is 1.67 bits per heavy atom. The van der Waals surface area contributed by atoms with Gasteiger partial charge in [-0.25, -0.2) is 4.98 Å². The summed E-state index contributed by atoms with van der Waals surface area (Å²) in [5, 5.41) is 3.25. The lowest BCUT2D eigenvalue weighted by Crippen LogP contribution is -2.22. The van der Waals surface area contributed by atoms with Crippen LogP contribution in [-0.2, 0) is 4.79 Å². The molecular weight excluding hydrogens is 235 g/mol. The number of nitrogens with zero attached hydrogens (tertiary/aromatic N) is 1. The summed E-state index contributed by atoms with van der Waals surface area (Å²) in [5.74, 6) is 0.450. The van der Waals surface area contributed by atoms with E-state index in [1.165, 1.54) is 6.20 Å². The molecule has 0 spiro atoms. The summed E-state index contributed by atoms with van der Waals surface area (Å²) >= 11 is 11.3. The zero-order valence-corrected chi connectivity index (χ0v) is 10.1. The van der Waals surface area contributed by atoms with E-state index in [1.54, 1.807) is 13.0 Å². The number of halogens is 2. The summed E-state index contributed by atoms with van der Waals surface area (Å²) in [6.07, 6.45) is 1.50. The molecule has 0 aliphatic heterocycles. The van der Waals surface area contributed by atoms with Crippen molar-refractivity contribution in [3.63, 3.8) is 0 Å². The molecule has 1 rings (SSSR count). The molecule has 0 aromatic carbocycles. The summed E-state index contributed by atoms with van der Waals surface area (Å²) in [7, 11) is 0. The van der Waals surface area contributed by atoms with Gasteiger partial charge in [-0.05, 0) is 18.6 Å². The minimum Gasteiger partial charge on any atom is -0.310 e. The second-order valence-corrected chi connectivity index (χ2v) is 4.11. The van der Waals surface area contributed by atoms with Crippen molar-refractivity contribution < 1.29 is 4.79 Å². The summed E-state index contributed by atoms with van der Waals surface area (Å²) in [5.41, 5.74) is 0.831. The van der Waals surface area contributed by atoms with Crippen LogP contribution in [0.3, 0.4) is 0 Å². The number of aromatic nitrogens is 1. The molecule has 1 N–H and O–H groups in total. The van der Waals surface area contributed by atoms with Crippen LogP contribution in [-0.4, -0.2) is 16.8 Å². The monoisotopic (exact) mass is 246 g/mol. The Hall–Kier alpha value is -0.800. The fourth-order valence-corrected chi connectivity index (χ4v) is 1.33. The highest BCUT2D eigenvalue weighted by molar-refractivity contribution is 6.30. The van der Waals surface area contributed by atoms with Crippen LogP contribution in [0.2, 0.25) is 5.02 Å². The topological polar surface area (TPSA) is 42.0 Å². The van der Waals surface area contributed by atoms with Crippen molar-refractivity contribution >= 4 is 34.9 Å². The maximum Gasteiger partial charge on any atom is 0.229 e. The zero-order chi connectivity index (χ0) is 11.4. The molecule has 0 radical (unpaired) electrons. The third kappa shape index (κ3) is 3.36. The molecule has 3 nitrogen and oxygen atoms in total. The molecule has 1 amide bonds. The number of nitrogens with one attached hydrogen (secondary N) is 1. The first kappa shape index (κ1) is 12.3. The first-order chi connectivity index (χ1) is 7.04. The Morgan fingerprint density at radius 2 is 2.33 bits per heavy atom. The molecule has 1 atom stereocenters. The van der Waals surface area contributed by atoms with Gasteiger partial charge in [0.15, 0.2) is 0 Å². The molecule has 0 aliphatic carbocycles. The van der Waals surface area contributed by atoms with E-state index >= 15 is 0 Å². The van der Waals surface area contributed by atoms with E-state index in [-0.39, 0.29) is 11.8 Å². The van der Waals surface area contributed by atoms with Gasteiger partial charge in [0.1, 0.15) is 5.82 Å². The largest absolute Gasteiger partial charge is 0.310 e. The van der Waals surface area contributed by atoms with E-state index in [9.17, 15) is 4.79 Å². The lowest BCUT2D eigenvalue weighted by atomic mass is 10.2. The molecular formula is C10H12Cl2N2O. The van der Waals surface area contributed by atoms with Gasteiger partial charge in [-0.3, -0.25) is 4.79 Å². The Labute approximate surface area is 98.8 Å². The van der Waals surface area contributed by atoms with Crippen LogP contribution in [0.25, 0.3) is 0 Å². The van der Waals surface area contributed by atoms with Crippen LogP contribution >= 0.6 is 23.2 Å². The predicted octanol–water partition coefficient (Wildman–Crippen LogP) is 2.86. The summed E-state index contributed by atoms with van der Waals surface area (Å²) < 4.78 is 0. The van der Waals surface area contributed by atoms with Crippen LogP contribution in [0, 0.1) is 12.8 Å². The fourth-order valence-electron chi connectivity index (χ4n) is 0.981. The number of hydrogen-bond donors (Lipinski definition) is 1. The molecule has 0 bridgehead atoms. The third-order valence-electron chi connectivity index (χ3n) is 1.97. The maximum atomic E-state index is 11.5. The van der Waals surface area contributed by atoms with Gasteiger partial charge in [0.2, 0.25) is 5.91 Å². The summed E-state index contributed by atoms with van der Waals surface area (Å²) in [4.78, 5) is 15.5. The average Bonchev–Trinajstić information content (AvgIpc) is 2.20. The first-order valence-electron chi connectivity index (χ1n) is 4.53. The molecule has 5 heteroatoms. The van der Waals surface area contributed by atoms with Gasteiger partial charge in [-0.2, -0.15) is 0 Å². The molecule has 1 unspecified atom stereocenters. The summed E-state index contributed by atoms with van der Waals surface area (Å²) in [6, 6.07) is 1.75. The minimum absolute atomic E-state index is 0.136. The lowest BCUT2D eigenvalue weighted by molar-refractivity contribution is -0.118. The van der Waals surface area contributed by atoms with Crippen molar-refractivity contribution in [3.05, 3.63) is 22.8 Å². The van der Waals surface area contributed by atoms with E-state index in [0.29, 0.717) is 16.7 Å². The Bertz CT molecular complexity index is 368. The third-order valence-corrected chi connectivity index (χ3v) is 2.64. The number of alkyl halides is 1. The van der Waals surface area contributed by atoms with Crippen molar-refractivity contribution in [1.29, 1.82) is 0 Å². The van der Waals surface area contributed by atoms with Crippen LogP contribution in [0.1, 0.15) is 12.5 Å². The number of carbonyl (C=O) groups is 1. The Balaban J connectivity index is 2.77. The van der Waals surface area contributed by atoms with Gasteiger partial charge in [0, 0.05) is 18.0 Å². The SMILES string of the molecule is Cc1cc(Cl)cnc1NC(=O)C(C)CCl. The number of carbonyl (C=O) groups excluding carboxylic acids is 1. The zero-order valence-electron chi connectivity index (χ0n) is 8.55. The van der Waals surface area contributed by atoms with Gasteiger partial charge in [0.05, 0.1) is 5.02 Å². The number of rotatable bonds is 3. The van der Waals surface area contributed by atoms with E-state index < -0.39 is 0 Å². The van der Waals surface area contributed by atoms with Crippen LogP contribution in [0.4, 0.5) is 5.82 Å². The van der Waals surface area contributed by atoms with Gasteiger partial charge >= 0.3 is 0 Å². The number of pyridine rings is 1. The quantitative estimate of drug-likeness (QED) is 0.834. The molecule has 1 aromatic rings. The van der Waals surface area contributed by atoms with Crippen LogP contribution < -0.4 is 5.32 Å². The molecule has 0 aliphatic rings. The van der Waals surface area contributed by atoms with E-state index in [4.69, 9.17) is 23.2 Å². The average molecular weight is 247 g/mol. The first-order valence-corrected chi connectivity index (χ1v) is 5.44. The molecule has 0 saturated carbocycles. The van der Waals surface area contributed by atoms with E-state index in [2.05, 4.69) is 10.3 Å². The Morgan fingerprint density at radius 3 is 2.87 bits per heavy atom. The second kappa shape index (κ2) is 5.33. The smallest absolute Gasteiger partial charge is 0.229 e. The molecule has 15 heavy (non-hydrogen) atoms. The highest BCUT2D eigenvalue weighted by Crippen LogP contribution is 2.16. The van der Waals surface area contributed by atoms with Gasteiger partial charge < -0.3 is 5.32 Å². The number of aryl methyl sites for hydroxylation is 1. The summed E-state index contributed by atoms with van der Waals surface area (Å²) in [6.45, 7) is 3.59. The number of anilines is 1. The van der Waals surface area contributed by atoms with E-state index in [0.717, 1.165) is 5.56 Å². The van der Waals surface area contributed by atoms with Crippen molar-refractivity contribution in [2.24, 2.45) is 5.92 Å². The van der Waals surface area contributed by atoms with Crippen molar-refractivity contribution in [1.82, 2.24) is 4.98 Å². The van der Waals surface area contributed by atoms with Gasteiger partial charge in [-0.15, -0.1) is 11.6 Å². The number of hydrogen-bond acceptors (Lipinski definition) is 2. The molecule has 0 saturated heterocycles. The fraction of sp³-hybridized carbons (Fsp3) is 0.400. The highest BCUT2D eigenvalue weighted by atomic mass is 35.5. The van der Waals surface area contributed by atoms with Crippen molar-refractivity contribution in [3.8, 4) is 0 Å². The molecule has 1 aromatic heterocycles. The number of amides is 1. The van der Waals surface area contributed by atoms with Crippen LogP contribution in [0.15, 0.2) is 12.3 Å². The Kier molecular flexibility index (Phi) is 4.36. The second-order valence-electron chi connectivity index (χ2n) is 3.36. The van der Waals surface area contributed by atoms with Gasteiger partial charge in [0.25, 0.3) is 0 Å². The van der Waals surface area contributed by atoms with E-state index in [1.807, 2.05) is 6.92 Å².